The van der Waals surface area contributed by atoms with Gasteiger partial charge in [0.15, 0.2) is 0 Å². The van der Waals surface area contributed by atoms with Crippen molar-refractivity contribution in [1.29, 1.82) is 0 Å². The lowest BCUT2D eigenvalue weighted by atomic mass is 9.74. The summed E-state index contributed by atoms with van der Waals surface area (Å²) < 4.78 is 2.08. The fourth-order valence-corrected chi connectivity index (χ4v) is 2.39. The third-order valence-electron chi connectivity index (χ3n) is 3.84. The van der Waals surface area contributed by atoms with E-state index in [0.29, 0.717) is 6.04 Å². The molecule has 15 heavy (non-hydrogen) atoms. The van der Waals surface area contributed by atoms with E-state index in [4.69, 9.17) is 5.73 Å². The quantitative estimate of drug-likeness (QED) is 0.759. The highest BCUT2D eigenvalue weighted by atomic mass is 15.5. The van der Waals surface area contributed by atoms with E-state index >= 15 is 0 Å². The normalized spacial score (nSPS) is 28.9. The Kier molecular flexibility index (Phi) is 1.75. The number of hydrogen-bond acceptors (Lipinski definition) is 3. The molecule has 2 aliphatic rings. The third kappa shape index (κ3) is 1.31. The number of nitrogens with two attached hydrogens (primary N) is 1. The van der Waals surface area contributed by atoms with Crippen molar-refractivity contribution in [3.63, 3.8) is 0 Å². The standard InChI is InChI=1S/C11H18N4/c1-11(2)6-5-8-9(10(11)12)15(14-13-8)7-3-4-7/h7,10H,3-6,12H2,1-2H3. The van der Waals surface area contributed by atoms with Gasteiger partial charge in [0, 0.05) is 0 Å². The first-order valence-electron chi connectivity index (χ1n) is 5.79. The summed E-state index contributed by atoms with van der Waals surface area (Å²) in [7, 11) is 0. The van der Waals surface area contributed by atoms with Crippen molar-refractivity contribution in [2.75, 3.05) is 0 Å². The number of aryl methyl sites for hydroxylation is 1. The lowest BCUT2D eigenvalue weighted by molar-refractivity contribution is 0.237. The van der Waals surface area contributed by atoms with Gasteiger partial charge >= 0.3 is 0 Å². The van der Waals surface area contributed by atoms with Gasteiger partial charge in [-0.25, -0.2) is 4.68 Å². The lowest BCUT2D eigenvalue weighted by Gasteiger charge is -2.35. The van der Waals surface area contributed by atoms with Crippen LogP contribution in [0.2, 0.25) is 0 Å². The average Bonchev–Trinajstić information content (AvgIpc) is 2.93. The summed E-state index contributed by atoms with van der Waals surface area (Å²) in [6.45, 7) is 4.48. The van der Waals surface area contributed by atoms with E-state index in [9.17, 15) is 0 Å². The smallest absolute Gasteiger partial charge is 0.0875 e. The Balaban J connectivity index is 2.06. The Bertz CT molecular complexity index is 389. The zero-order valence-corrected chi connectivity index (χ0v) is 9.40. The van der Waals surface area contributed by atoms with Crippen LogP contribution >= 0.6 is 0 Å². The molecule has 1 heterocycles. The first-order chi connectivity index (χ1) is 7.09. The Morgan fingerprint density at radius 3 is 2.80 bits per heavy atom. The van der Waals surface area contributed by atoms with Gasteiger partial charge in [0.1, 0.15) is 0 Å². The van der Waals surface area contributed by atoms with Crippen molar-refractivity contribution in [3.8, 4) is 0 Å². The van der Waals surface area contributed by atoms with Crippen molar-refractivity contribution in [2.45, 2.75) is 51.6 Å². The van der Waals surface area contributed by atoms with Crippen LogP contribution < -0.4 is 5.73 Å². The molecule has 2 aliphatic carbocycles. The number of hydrogen-bond donors (Lipinski definition) is 1. The highest BCUT2D eigenvalue weighted by molar-refractivity contribution is 5.22. The summed E-state index contributed by atoms with van der Waals surface area (Å²) in [6, 6.07) is 0.679. The van der Waals surface area contributed by atoms with Gasteiger partial charge in [-0.3, -0.25) is 0 Å². The highest BCUT2D eigenvalue weighted by Crippen LogP contribution is 2.44. The van der Waals surface area contributed by atoms with Crippen LogP contribution in [-0.4, -0.2) is 15.0 Å². The molecule has 1 atom stereocenters. The minimum Gasteiger partial charge on any atom is -0.322 e. The van der Waals surface area contributed by atoms with Gasteiger partial charge in [0.25, 0.3) is 0 Å². The predicted octanol–water partition coefficient (Wildman–Crippen LogP) is 1.59. The summed E-state index contributed by atoms with van der Waals surface area (Å²) in [5, 5.41) is 8.53. The summed E-state index contributed by atoms with van der Waals surface area (Å²) in [4.78, 5) is 0. The fourth-order valence-electron chi connectivity index (χ4n) is 2.39. The molecular weight excluding hydrogens is 188 g/mol. The van der Waals surface area contributed by atoms with Crippen molar-refractivity contribution >= 4 is 0 Å². The van der Waals surface area contributed by atoms with E-state index in [1.54, 1.807) is 0 Å². The molecule has 4 heteroatoms. The Morgan fingerprint density at radius 2 is 2.13 bits per heavy atom. The average molecular weight is 206 g/mol. The molecule has 1 aromatic rings. The van der Waals surface area contributed by atoms with E-state index in [1.165, 1.54) is 18.5 Å². The second-order valence-electron chi connectivity index (χ2n) is 5.56. The van der Waals surface area contributed by atoms with Crippen molar-refractivity contribution in [1.82, 2.24) is 15.0 Å². The zero-order chi connectivity index (χ0) is 10.6. The molecule has 3 rings (SSSR count). The second kappa shape index (κ2) is 2.82. The monoisotopic (exact) mass is 206 g/mol. The van der Waals surface area contributed by atoms with Crippen molar-refractivity contribution in [3.05, 3.63) is 11.4 Å². The topological polar surface area (TPSA) is 56.7 Å². The minimum absolute atomic E-state index is 0.0943. The highest BCUT2D eigenvalue weighted by Gasteiger charge is 2.40. The van der Waals surface area contributed by atoms with Gasteiger partial charge in [0.2, 0.25) is 0 Å². The molecule has 4 nitrogen and oxygen atoms in total. The summed E-state index contributed by atoms with van der Waals surface area (Å²) >= 11 is 0. The third-order valence-corrected chi connectivity index (χ3v) is 3.84. The van der Waals surface area contributed by atoms with Crippen molar-refractivity contribution in [2.24, 2.45) is 11.1 Å². The van der Waals surface area contributed by atoms with Crippen LogP contribution in [0.15, 0.2) is 0 Å². The summed E-state index contributed by atoms with van der Waals surface area (Å²) in [5.74, 6) is 0. The first-order valence-corrected chi connectivity index (χ1v) is 5.79. The maximum atomic E-state index is 6.33. The van der Waals surface area contributed by atoms with Crippen LogP contribution in [-0.2, 0) is 6.42 Å². The zero-order valence-electron chi connectivity index (χ0n) is 9.40. The Morgan fingerprint density at radius 1 is 1.40 bits per heavy atom. The number of fused-ring (bicyclic) bond motifs is 1. The van der Waals surface area contributed by atoms with Gasteiger partial charge in [-0.2, -0.15) is 0 Å². The molecule has 0 bridgehead atoms. The predicted molar refractivity (Wildman–Crippen MR) is 57.3 cm³/mol. The molecule has 0 amide bonds. The van der Waals surface area contributed by atoms with Gasteiger partial charge in [-0.05, 0) is 31.1 Å². The van der Waals surface area contributed by atoms with Gasteiger partial charge in [-0.1, -0.05) is 19.1 Å². The maximum absolute atomic E-state index is 6.33. The molecular formula is C11H18N4. The van der Waals surface area contributed by atoms with Crippen LogP contribution in [0.25, 0.3) is 0 Å². The fraction of sp³-hybridized carbons (Fsp3) is 0.818. The second-order valence-corrected chi connectivity index (χ2v) is 5.56. The van der Waals surface area contributed by atoms with Crippen LogP contribution in [0.5, 0.6) is 0 Å². The molecule has 82 valence electrons. The Hall–Kier alpha value is -0.900. The molecule has 1 fully saturated rings. The molecule has 0 saturated heterocycles. The molecule has 0 aliphatic heterocycles. The van der Waals surface area contributed by atoms with E-state index in [-0.39, 0.29) is 11.5 Å². The Labute approximate surface area is 89.8 Å². The molecule has 0 spiro atoms. The number of aromatic nitrogens is 3. The van der Waals surface area contributed by atoms with E-state index in [0.717, 1.165) is 18.5 Å². The SMILES string of the molecule is CC1(C)CCc2nnn(C3CC3)c2C1N. The van der Waals surface area contributed by atoms with E-state index in [1.807, 2.05) is 0 Å². The number of nitrogens with zero attached hydrogens (tertiary/aromatic N) is 3. The van der Waals surface area contributed by atoms with Crippen LogP contribution in [0.4, 0.5) is 0 Å². The number of rotatable bonds is 1. The minimum atomic E-state index is 0.0943. The van der Waals surface area contributed by atoms with E-state index in [2.05, 4.69) is 28.8 Å². The van der Waals surface area contributed by atoms with Crippen LogP contribution in [0.3, 0.4) is 0 Å². The molecule has 1 saturated carbocycles. The largest absolute Gasteiger partial charge is 0.322 e. The van der Waals surface area contributed by atoms with E-state index < -0.39 is 0 Å². The van der Waals surface area contributed by atoms with Gasteiger partial charge in [0.05, 0.1) is 23.5 Å². The molecule has 0 aromatic carbocycles. The lowest BCUT2D eigenvalue weighted by Crippen LogP contribution is -2.35. The first kappa shape index (κ1) is 9.33. The maximum Gasteiger partial charge on any atom is 0.0875 e. The molecule has 1 aromatic heterocycles. The summed E-state index contributed by atoms with van der Waals surface area (Å²) in [6.07, 6.45) is 4.62. The molecule has 0 radical (unpaired) electrons. The van der Waals surface area contributed by atoms with Crippen LogP contribution in [0, 0.1) is 5.41 Å². The van der Waals surface area contributed by atoms with Gasteiger partial charge < -0.3 is 5.73 Å². The molecule has 2 N–H and O–H groups in total. The van der Waals surface area contributed by atoms with Gasteiger partial charge in [-0.15, -0.1) is 5.10 Å². The van der Waals surface area contributed by atoms with Crippen molar-refractivity contribution < 1.29 is 0 Å². The van der Waals surface area contributed by atoms with Crippen LogP contribution in [0.1, 0.15) is 56.6 Å². The molecule has 1 unspecified atom stereocenters. The summed E-state index contributed by atoms with van der Waals surface area (Å²) in [5.41, 5.74) is 8.85.